The monoisotopic (exact) mass is 334 g/mol. The van der Waals surface area contributed by atoms with Gasteiger partial charge in [-0.1, -0.05) is 29.3 Å². The summed E-state index contributed by atoms with van der Waals surface area (Å²) in [6, 6.07) is 3.64. The minimum atomic E-state index is -1.38. The molecule has 0 radical (unpaired) electrons. The summed E-state index contributed by atoms with van der Waals surface area (Å²) in [6.45, 7) is 1.67. The van der Waals surface area contributed by atoms with Crippen LogP contribution < -0.4 is 15.7 Å². The molecule has 2 atom stereocenters. The maximum Gasteiger partial charge on any atom is 0.230 e. The maximum absolute atomic E-state index is 11.9. The van der Waals surface area contributed by atoms with Gasteiger partial charge in [0.25, 0.3) is 0 Å². The van der Waals surface area contributed by atoms with Crippen LogP contribution in [-0.2, 0) is 9.59 Å². The van der Waals surface area contributed by atoms with Crippen molar-refractivity contribution < 1.29 is 25.1 Å². The number of carboxylic acid groups (broad SMARTS) is 1. The smallest absolute Gasteiger partial charge is 0.230 e. The van der Waals surface area contributed by atoms with E-state index in [0.29, 0.717) is 0 Å². The molecule has 0 bridgehead atoms. The number of carboxylic acids is 1. The van der Waals surface area contributed by atoms with Gasteiger partial charge in [0, 0.05) is 0 Å². The minimum absolute atomic E-state index is 0.152. The van der Waals surface area contributed by atoms with Crippen molar-refractivity contribution in [2.75, 3.05) is 11.9 Å². The van der Waals surface area contributed by atoms with Crippen molar-refractivity contribution in [3.8, 4) is 0 Å². The van der Waals surface area contributed by atoms with Crippen LogP contribution in [0.3, 0.4) is 0 Å². The molecule has 1 rings (SSSR count). The second-order valence-electron chi connectivity index (χ2n) is 4.59. The van der Waals surface area contributed by atoms with Gasteiger partial charge in [-0.15, -0.1) is 0 Å². The Morgan fingerprint density at radius 1 is 1.38 bits per heavy atom. The van der Waals surface area contributed by atoms with E-state index in [0.717, 1.165) is 0 Å². The minimum Gasteiger partial charge on any atom is -0.544 e. The molecule has 0 unspecified atom stereocenters. The lowest BCUT2D eigenvalue weighted by atomic mass is 10.2. The number of aliphatic carboxylic acids is 1. The summed E-state index contributed by atoms with van der Waals surface area (Å²) in [4.78, 5) is 22.9. The number of aliphatic hydroxyl groups excluding tert-OH is 1. The summed E-state index contributed by atoms with van der Waals surface area (Å²) in [7, 11) is 0. The van der Waals surface area contributed by atoms with Gasteiger partial charge < -0.3 is 25.6 Å². The summed E-state index contributed by atoms with van der Waals surface area (Å²) >= 11 is 11.8. The molecular weight excluding hydrogens is 319 g/mol. The van der Waals surface area contributed by atoms with E-state index in [2.05, 4.69) is 5.32 Å². The first-order chi connectivity index (χ1) is 9.81. The van der Waals surface area contributed by atoms with Gasteiger partial charge in [-0.25, -0.2) is 0 Å². The number of rotatable bonds is 7. The fourth-order valence-electron chi connectivity index (χ4n) is 1.63. The SMILES string of the molecule is C[C@@H](O)C[NH2+][C@@H](CC(=O)Nc1c(Cl)cccc1Cl)C(=O)[O-]. The molecule has 0 aliphatic carbocycles. The van der Waals surface area contributed by atoms with Crippen LogP contribution in [0.15, 0.2) is 18.2 Å². The highest BCUT2D eigenvalue weighted by Gasteiger charge is 2.20. The highest BCUT2D eigenvalue weighted by molar-refractivity contribution is 6.39. The van der Waals surface area contributed by atoms with Gasteiger partial charge in [0.05, 0.1) is 34.2 Å². The lowest BCUT2D eigenvalue weighted by molar-refractivity contribution is -0.687. The molecule has 6 nitrogen and oxygen atoms in total. The number of aliphatic hydroxyl groups is 1. The number of hydrogen-bond donors (Lipinski definition) is 3. The Morgan fingerprint density at radius 3 is 2.43 bits per heavy atom. The fraction of sp³-hybridized carbons (Fsp3) is 0.385. The highest BCUT2D eigenvalue weighted by atomic mass is 35.5. The molecule has 0 aromatic heterocycles. The van der Waals surface area contributed by atoms with Crippen molar-refractivity contribution >= 4 is 40.8 Å². The second-order valence-corrected chi connectivity index (χ2v) is 5.41. The normalized spacial score (nSPS) is 13.5. The Morgan fingerprint density at radius 2 is 1.95 bits per heavy atom. The van der Waals surface area contributed by atoms with Crippen LogP contribution in [0.5, 0.6) is 0 Å². The van der Waals surface area contributed by atoms with Crippen LogP contribution >= 0.6 is 23.2 Å². The third-order valence-electron chi connectivity index (χ3n) is 2.70. The van der Waals surface area contributed by atoms with Crippen LogP contribution in [0.1, 0.15) is 13.3 Å². The fourth-order valence-corrected chi connectivity index (χ4v) is 2.12. The molecule has 4 N–H and O–H groups in total. The molecule has 21 heavy (non-hydrogen) atoms. The Kier molecular flexibility index (Phi) is 6.91. The first-order valence-electron chi connectivity index (χ1n) is 6.27. The number of para-hydroxylation sites is 1. The average Bonchev–Trinajstić information content (AvgIpc) is 2.38. The van der Waals surface area contributed by atoms with Crippen molar-refractivity contribution in [1.82, 2.24) is 0 Å². The molecule has 1 aromatic carbocycles. The standard InChI is InChI=1S/C13H16Cl2N2O4/c1-7(18)6-16-10(13(20)21)5-11(19)17-12-8(14)3-2-4-9(12)15/h2-4,7,10,16,18H,5-6H2,1H3,(H,17,19)(H,20,21)/t7-,10+/m1/s1. The number of anilines is 1. The molecule has 116 valence electrons. The van der Waals surface area contributed by atoms with E-state index in [9.17, 15) is 14.7 Å². The number of hydrogen-bond acceptors (Lipinski definition) is 4. The third-order valence-corrected chi connectivity index (χ3v) is 3.33. The lowest BCUT2D eigenvalue weighted by Gasteiger charge is -2.17. The number of halogens is 2. The predicted molar refractivity (Wildman–Crippen MR) is 77.0 cm³/mol. The Balaban J connectivity index is 2.68. The maximum atomic E-state index is 11.9. The number of amides is 1. The number of carbonyl (C=O) groups excluding carboxylic acids is 2. The molecule has 0 fully saturated rings. The van der Waals surface area contributed by atoms with E-state index >= 15 is 0 Å². The molecule has 8 heteroatoms. The zero-order valence-electron chi connectivity index (χ0n) is 11.3. The Hall–Kier alpha value is -1.34. The van der Waals surface area contributed by atoms with Crippen molar-refractivity contribution in [2.24, 2.45) is 0 Å². The largest absolute Gasteiger partial charge is 0.544 e. The van der Waals surface area contributed by atoms with Gasteiger partial charge in [-0.2, -0.15) is 0 Å². The Labute approximate surface area is 132 Å². The highest BCUT2D eigenvalue weighted by Crippen LogP contribution is 2.29. The molecule has 0 aliphatic heterocycles. The number of nitrogens with one attached hydrogen (secondary N) is 1. The van der Waals surface area contributed by atoms with E-state index in [-0.39, 0.29) is 28.7 Å². The van der Waals surface area contributed by atoms with Crippen molar-refractivity contribution in [2.45, 2.75) is 25.5 Å². The van der Waals surface area contributed by atoms with Crippen LogP contribution in [0.25, 0.3) is 0 Å². The van der Waals surface area contributed by atoms with Crippen LogP contribution in [0, 0.1) is 0 Å². The summed E-state index contributed by atoms with van der Waals surface area (Å²) in [6.07, 6.45) is -1.01. The van der Waals surface area contributed by atoms with Crippen LogP contribution in [0.4, 0.5) is 5.69 Å². The molecule has 0 saturated heterocycles. The van der Waals surface area contributed by atoms with Crippen molar-refractivity contribution in [3.63, 3.8) is 0 Å². The molecule has 0 aliphatic rings. The predicted octanol–water partition coefficient (Wildman–Crippen LogP) is -0.615. The third kappa shape index (κ3) is 5.89. The van der Waals surface area contributed by atoms with Gasteiger partial charge in [0.15, 0.2) is 0 Å². The topological polar surface area (TPSA) is 106 Å². The number of nitrogens with two attached hydrogens (primary N) is 1. The summed E-state index contributed by atoms with van der Waals surface area (Å²) in [5, 5.41) is 24.5. The van der Waals surface area contributed by atoms with Crippen LogP contribution in [0.2, 0.25) is 10.0 Å². The molecule has 0 saturated carbocycles. The van der Waals surface area contributed by atoms with Gasteiger partial charge >= 0.3 is 0 Å². The summed E-state index contributed by atoms with van der Waals surface area (Å²) in [5.74, 6) is -1.93. The molecule has 0 heterocycles. The summed E-state index contributed by atoms with van der Waals surface area (Å²) < 4.78 is 0. The zero-order chi connectivity index (χ0) is 16.0. The average molecular weight is 335 g/mol. The van der Waals surface area contributed by atoms with Crippen molar-refractivity contribution in [3.05, 3.63) is 28.2 Å². The summed E-state index contributed by atoms with van der Waals surface area (Å²) in [5.41, 5.74) is 0.235. The zero-order valence-corrected chi connectivity index (χ0v) is 12.8. The van der Waals surface area contributed by atoms with Gasteiger partial charge in [0.1, 0.15) is 12.6 Å². The number of quaternary nitrogens is 1. The Bertz CT molecular complexity index is 503. The molecule has 1 amide bonds. The molecule has 0 spiro atoms. The van der Waals surface area contributed by atoms with E-state index < -0.39 is 24.0 Å². The number of benzene rings is 1. The first-order valence-corrected chi connectivity index (χ1v) is 7.03. The van der Waals surface area contributed by atoms with Gasteiger partial charge in [-0.05, 0) is 19.1 Å². The second kappa shape index (κ2) is 8.19. The molecular formula is C13H16Cl2N2O4. The molecule has 1 aromatic rings. The number of carbonyl (C=O) groups is 2. The van der Waals surface area contributed by atoms with Crippen molar-refractivity contribution in [1.29, 1.82) is 0 Å². The van der Waals surface area contributed by atoms with Gasteiger partial charge in [0.2, 0.25) is 5.91 Å². The van der Waals surface area contributed by atoms with E-state index in [1.165, 1.54) is 12.2 Å². The van der Waals surface area contributed by atoms with E-state index in [1.807, 2.05) is 0 Å². The van der Waals surface area contributed by atoms with Gasteiger partial charge in [-0.3, -0.25) is 4.79 Å². The van der Waals surface area contributed by atoms with E-state index in [4.69, 9.17) is 28.3 Å². The first kappa shape index (κ1) is 17.7. The lowest BCUT2D eigenvalue weighted by Crippen LogP contribution is -2.94. The van der Waals surface area contributed by atoms with Crippen LogP contribution in [-0.4, -0.2) is 35.7 Å². The quantitative estimate of drug-likeness (QED) is 0.618. The van der Waals surface area contributed by atoms with E-state index in [1.54, 1.807) is 18.2 Å².